The van der Waals surface area contributed by atoms with Crippen LogP contribution in [0.4, 0.5) is 0 Å². The van der Waals surface area contributed by atoms with Gasteiger partial charge in [0, 0.05) is 30.9 Å². The fourth-order valence-electron chi connectivity index (χ4n) is 4.16. The van der Waals surface area contributed by atoms with Gasteiger partial charge in [-0.05, 0) is 62.3 Å². The average molecular weight is 318 g/mol. The van der Waals surface area contributed by atoms with E-state index in [-0.39, 0.29) is 0 Å². The second-order valence-corrected chi connectivity index (χ2v) is 7.28. The Balaban J connectivity index is 1.83. The number of hydrogen-bond acceptors (Lipinski definition) is 2. The van der Waals surface area contributed by atoms with Crippen LogP contribution >= 0.6 is 0 Å². The van der Waals surface area contributed by atoms with E-state index < -0.39 is 0 Å². The maximum absolute atomic E-state index is 4.82. The van der Waals surface area contributed by atoms with Gasteiger partial charge in [0.15, 0.2) is 0 Å². The van der Waals surface area contributed by atoms with Crippen LogP contribution in [0.1, 0.15) is 49.1 Å². The summed E-state index contributed by atoms with van der Waals surface area (Å²) >= 11 is 0. The Morgan fingerprint density at radius 3 is 2.38 bits per heavy atom. The van der Waals surface area contributed by atoms with Crippen LogP contribution in [0.5, 0.6) is 0 Å². The number of pyridine rings is 1. The molecule has 0 atom stereocenters. The SMILES string of the molecule is CC(C)N1CCC(=C2c3ccccc3CCc3cccnc32)CC1. The Morgan fingerprint density at radius 1 is 0.875 bits per heavy atom. The molecule has 24 heavy (non-hydrogen) atoms. The van der Waals surface area contributed by atoms with E-state index in [1.165, 1.54) is 41.0 Å². The summed E-state index contributed by atoms with van der Waals surface area (Å²) in [6.07, 6.45) is 6.49. The lowest BCUT2D eigenvalue weighted by atomic mass is 9.88. The van der Waals surface area contributed by atoms with Crippen LogP contribution in [0.25, 0.3) is 5.57 Å². The van der Waals surface area contributed by atoms with Crippen LogP contribution in [-0.4, -0.2) is 29.0 Å². The molecule has 0 radical (unpaired) electrons. The van der Waals surface area contributed by atoms with E-state index >= 15 is 0 Å². The Hall–Kier alpha value is -1.93. The maximum atomic E-state index is 4.82. The number of rotatable bonds is 1. The first-order valence-corrected chi connectivity index (χ1v) is 9.22. The second-order valence-electron chi connectivity index (χ2n) is 7.28. The standard InChI is InChI=1S/C22H26N2/c1-16(2)24-14-11-18(12-15-24)21-20-8-4-3-6-17(20)9-10-19-7-5-13-23-22(19)21/h3-8,13,16H,9-12,14-15H2,1-2H3. The molecule has 0 saturated carbocycles. The van der Waals surface area contributed by atoms with Gasteiger partial charge in [0.25, 0.3) is 0 Å². The predicted molar refractivity (Wildman–Crippen MR) is 100 cm³/mol. The molecule has 2 aromatic rings. The summed E-state index contributed by atoms with van der Waals surface area (Å²) in [6, 6.07) is 13.9. The molecule has 1 saturated heterocycles. The van der Waals surface area contributed by atoms with Gasteiger partial charge in [-0.15, -0.1) is 0 Å². The van der Waals surface area contributed by atoms with Gasteiger partial charge in [-0.3, -0.25) is 4.98 Å². The summed E-state index contributed by atoms with van der Waals surface area (Å²) < 4.78 is 0. The summed E-state index contributed by atoms with van der Waals surface area (Å²) in [7, 11) is 0. The van der Waals surface area contributed by atoms with E-state index in [9.17, 15) is 0 Å². The molecule has 2 nitrogen and oxygen atoms in total. The van der Waals surface area contributed by atoms with Gasteiger partial charge in [-0.1, -0.05) is 35.9 Å². The monoisotopic (exact) mass is 318 g/mol. The maximum Gasteiger partial charge on any atom is 0.0739 e. The Bertz CT molecular complexity index is 714. The fraction of sp³-hybridized carbons (Fsp3) is 0.409. The van der Waals surface area contributed by atoms with E-state index in [0.29, 0.717) is 6.04 Å². The molecule has 0 bridgehead atoms. The molecule has 124 valence electrons. The number of hydrogen-bond donors (Lipinski definition) is 0. The highest BCUT2D eigenvalue weighted by Gasteiger charge is 2.25. The number of aryl methyl sites for hydroxylation is 2. The normalized spacial score (nSPS) is 18.3. The lowest BCUT2D eigenvalue weighted by molar-refractivity contribution is 0.208. The highest BCUT2D eigenvalue weighted by atomic mass is 15.1. The zero-order valence-electron chi connectivity index (χ0n) is 14.8. The van der Waals surface area contributed by atoms with Crippen molar-refractivity contribution >= 4 is 5.57 Å². The molecule has 0 N–H and O–H groups in total. The van der Waals surface area contributed by atoms with Gasteiger partial charge in [0.1, 0.15) is 0 Å². The van der Waals surface area contributed by atoms with Crippen molar-refractivity contribution in [1.82, 2.24) is 9.88 Å². The van der Waals surface area contributed by atoms with Crippen LogP contribution in [0.3, 0.4) is 0 Å². The smallest absolute Gasteiger partial charge is 0.0739 e. The molecule has 1 aromatic carbocycles. The molecule has 2 aliphatic rings. The van der Waals surface area contributed by atoms with E-state index in [2.05, 4.69) is 55.1 Å². The molecule has 4 rings (SSSR count). The Morgan fingerprint density at radius 2 is 1.58 bits per heavy atom. The fourth-order valence-corrected chi connectivity index (χ4v) is 4.16. The molecule has 1 aliphatic heterocycles. The molecule has 2 heterocycles. The van der Waals surface area contributed by atoms with Crippen LogP contribution in [0, 0.1) is 0 Å². The minimum atomic E-state index is 0.642. The second kappa shape index (κ2) is 6.52. The van der Waals surface area contributed by atoms with Gasteiger partial charge < -0.3 is 4.90 Å². The van der Waals surface area contributed by atoms with Crippen LogP contribution in [0.15, 0.2) is 48.2 Å². The molecule has 2 heteroatoms. The van der Waals surface area contributed by atoms with Gasteiger partial charge in [0.2, 0.25) is 0 Å². The molecule has 1 aliphatic carbocycles. The number of likely N-dealkylation sites (tertiary alicyclic amines) is 1. The topological polar surface area (TPSA) is 16.1 Å². The lowest BCUT2D eigenvalue weighted by Gasteiger charge is -2.33. The summed E-state index contributed by atoms with van der Waals surface area (Å²) in [5.41, 5.74) is 8.56. The Kier molecular flexibility index (Phi) is 4.24. The minimum Gasteiger partial charge on any atom is -0.300 e. The predicted octanol–water partition coefficient (Wildman–Crippen LogP) is 4.49. The number of fused-ring (bicyclic) bond motifs is 2. The first-order chi connectivity index (χ1) is 11.7. The quantitative estimate of drug-likeness (QED) is 0.770. The van der Waals surface area contributed by atoms with Crippen molar-refractivity contribution in [2.75, 3.05) is 13.1 Å². The summed E-state index contributed by atoms with van der Waals surface area (Å²) in [6.45, 7) is 6.94. The number of piperidine rings is 1. The average Bonchev–Trinajstić information content (AvgIpc) is 2.79. The summed E-state index contributed by atoms with van der Waals surface area (Å²) in [5, 5.41) is 0. The van der Waals surface area contributed by atoms with Crippen LogP contribution in [0.2, 0.25) is 0 Å². The third-order valence-corrected chi connectivity index (χ3v) is 5.56. The van der Waals surface area contributed by atoms with Crippen molar-refractivity contribution in [3.8, 4) is 0 Å². The zero-order chi connectivity index (χ0) is 16.5. The molecule has 0 unspecified atom stereocenters. The van der Waals surface area contributed by atoms with Crippen molar-refractivity contribution in [3.05, 3.63) is 70.6 Å². The van der Waals surface area contributed by atoms with Gasteiger partial charge in [0.05, 0.1) is 5.69 Å². The van der Waals surface area contributed by atoms with E-state index in [1.54, 1.807) is 5.57 Å². The van der Waals surface area contributed by atoms with E-state index in [4.69, 9.17) is 4.98 Å². The van der Waals surface area contributed by atoms with E-state index in [1.807, 2.05) is 6.20 Å². The number of benzene rings is 1. The molecular formula is C22H26N2. The highest BCUT2D eigenvalue weighted by molar-refractivity contribution is 5.84. The minimum absolute atomic E-state index is 0.642. The third kappa shape index (κ3) is 2.80. The lowest BCUT2D eigenvalue weighted by Crippen LogP contribution is -2.36. The van der Waals surface area contributed by atoms with Gasteiger partial charge in [-0.2, -0.15) is 0 Å². The van der Waals surface area contributed by atoms with Gasteiger partial charge in [-0.25, -0.2) is 0 Å². The molecule has 1 fully saturated rings. The van der Waals surface area contributed by atoms with Crippen molar-refractivity contribution in [3.63, 3.8) is 0 Å². The molecular weight excluding hydrogens is 292 g/mol. The zero-order valence-corrected chi connectivity index (χ0v) is 14.8. The van der Waals surface area contributed by atoms with Crippen LogP contribution in [-0.2, 0) is 12.8 Å². The molecule has 0 amide bonds. The molecule has 1 aromatic heterocycles. The third-order valence-electron chi connectivity index (χ3n) is 5.56. The first-order valence-electron chi connectivity index (χ1n) is 9.22. The van der Waals surface area contributed by atoms with E-state index in [0.717, 1.165) is 25.7 Å². The Labute approximate surface area is 145 Å². The summed E-state index contributed by atoms with van der Waals surface area (Å²) in [4.78, 5) is 7.41. The van der Waals surface area contributed by atoms with Crippen molar-refractivity contribution < 1.29 is 0 Å². The number of aromatic nitrogens is 1. The highest BCUT2D eigenvalue weighted by Crippen LogP contribution is 2.37. The van der Waals surface area contributed by atoms with Crippen LogP contribution < -0.4 is 0 Å². The van der Waals surface area contributed by atoms with Crippen molar-refractivity contribution in [2.24, 2.45) is 0 Å². The van der Waals surface area contributed by atoms with Gasteiger partial charge >= 0.3 is 0 Å². The largest absolute Gasteiger partial charge is 0.300 e. The number of nitrogens with zero attached hydrogens (tertiary/aromatic N) is 2. The first kappa shape index (κ1) is 15.6. The van der Waals surface area contributed by atoms with Crippen molar-refractivity contribution in [1.29, 1.82) is 0 Å². The summed E-state index contributed by atoms with van der Waals surface area (Å²) in [5.74, 6) is 0. The molecule has 0 spiro atoms. The van der Waals surface area contributed by atoms with Crippen molar-refractivity contribution in [2.45, 2.75) is 45.6 Å².